The lowest BCUT2D eigenvalue weighted by Crippen LogP contribution is -2.61. The van der Waals surface area contributed by atoms with Crippen molar-refractivity contribution in [3.05, 3.63) is 47.8 Å². The van der Waals surface area contributed by atoms with E-state index in [1.54, 1.807) is 13.3 Å². The standard InChI is InChI=1S/C22H28N4O2/c1-15-7-10-23-26(15)14-20(27)25-13-18(17-5-3-4-6-19(17)28-2)22-21(25)16-8-11-24(22)12-9-16/h3-7,10,16,18,21-22H,8-9,11-14H2,1-2H3/t18-,21+,22+/m0/s1. The number of fused-ring (bicyclic) bond motifs is 2. The molecular weight excluding hydrogens is 352 g/mol. The van der Waals surface area contributed by atoms with Gasteiger partial charge in [0.2, 0.25) is 5.91 Å². The fourth-order valence-corrected chi connectivity index (χ4v) is 5.73. The van der Waals surface area contributed by atoms with Gasteiger partial charge in [-0.3, -0.25) is 14.4 Å². The molecule has 1 aromatic carbocycles. The van der Waals surface area contributed by atoms with E-state index in [-0.39, 0.29) is 5.91 Å². The lowest BCUT2D eigenvalue weighted by Gasteiger charge is -2.51. The van der Waals surface area contributed by atoms with Crippen molar-refractivity contribution in [3.8, 4) is 5.75 Å². The van der Waals surface area contributed by atoms with Crippen molar-refractivity contribution in [2.75, 3.05) is 26.7 Å². The van der Waals surface area contributed by atoms with Crippen LogP contribution in [0.25, 0.3) is 0 Å². The number of aryl methyl sites for hydroxylation is 1. The highest BCUT2D eigenvalue weighted by Gasteiger charge is 2.55. The Hall–Kier alpha value is -2.34. The van der Waals surface area contributed by atoms with E-state index in [9.17, 15) is 4.79 Å². The molecule has 5 heterocycles. The first kappa shape index (κ1) is 17.7. The van der Waals surface area contributed by atoms with Gasteiger partial charge in [0.1, 0.15) is 12.3 Å². The van der Waals surface area contributed by atoms with E-state index < -0.39 is 0 Å². The number of likely N-dealkylation sites (tertiary alicyclic amines) is 1. The third-order valence-electron chi connectivity index (χ3n) is 7.07. The number of rotatable bonds is 4. The number of methoxy groups -OCH3 is 1. The van der Waals surface area contributed by atoms with Gasteiger partial charge in [0.15, 0.2) is 0 Å². The molecule has 1 amide bonds. The Balaban J connectivity index is 1.49. The average Bonchev–Trinajstić information content (AvgIpc) is 3.34. The summed E-state index contributed by atoms with van der Waals surface area (Å²) in [6.45, 7) is 5.39. The molecule has 4 saturated heterocycles. The number of amides is 1. The van der Waals surface area contributed by atoms with Gasteiger partial charge in [-0.2, -0.15) is 5.10 Å². The zero-order chi connectivity index (χ0) is 19.3. The molecule has 3 atom stereocenters. The summed E-state index contributed by atoms with van der Waals surface area (Å²) in [5, 5.41) is 4.32. The lowest BCUT2D eigenvalue weighted by molar-refractivity contribution is -0.136. The van der Waals surface area contributed by atoms with Crippen LogP contribution in [0, 0.1) is 12.8 Å². The third-order valence-corrected chi connectivity index (χ3v) is 7.07. The van der Waals surface area contributed by atoms with Crippen LogP contribution in [0.2, 0.25) is 0 Å². The molecule has 0 spiro atoms. The predicted molar refractivity (Wildman–Crippen MR) is 106 cm³/mol. The van der Waals surface area contributed by atoms with Gasteiger partial charge >= 0.3 is 0 Å². The Bertz CT molecular complexity index is 871. The molecule has 28 heavy (non-hydrogen) atoms. The lowest BCUT2D eigenvalue weighted by atomic mass is 9.75. The molecule has 2 aromatic rings. The molecule has 148 valence electrons. The zero-order valence-corrected chi connectivity index (χ0v) is 16.6. The first-order chi connectivity index (χ1) is 13.7. The number of hydrogen-bond acceptors (Lipinski definition) is 4. The summed E-state index contributed by atoms with van der Waals surface area (Å²) in [7, 11) is 1.74. The Morgan fingerprint density at radius 3 is 2.68 bits per heavy atom. The summed E-state index contributed by atoms with van der Waals surface area (Å²) < 4.78 is 7.49. The highest BCUT2D eigenvalue weighted by molar-refractivity contribution is 5.77. The van der Waals surface area contributed by atoms with E-state index in [2.05, 4.69) is 27.0 Å². The number of carbonyl (C=O) groups excluding carboxylic acids is 1. The molecule has 0 radical (unpaired) electrons. The molecule has 6 nitrogen and oxygen atoms in total. The molecule has 0 N–H and O–H groups in total. The molecule has 2 bridgehead atoms. The number of para-hydroxylation sites is 1. The van der Waals surface area contributed by atoms with Crippen LogP contribution in [0.3, 0.4) is 0 Å². The van der Waals surface area contributed by atoms with E-state index >= 15 is 0 Å². The summed E-state index contributed by atoms with van der Waals surface area (Å²) in [6.07, 6.45) is 4.16. The fourth-order valence-electron chi connectivity index (χ4n) is 5.73. The summed E-state index contributed by atoms with van der Waals surface area (Å²) in [4.78, 5) is 18.1. The number of carbonyl (C=O) groups is 1. The molecule has 4 fully saturated rings. The maximum absolute atomic E-state index is 13.3. The van der Waals surface area contributed by atoms with E-state index in [1.807, 2.05) is 29.8 Å². The molecule has 0 saturated carbocycles. The quantitative estimate of drug-likeness (QED) is 0.817. The van der Waals surface area contributed by atoms with Gasteiger partial charge in [-0.1, -0.05) is 18.2 Å². The number of piperidine rings is 3. The summed E-state index contributed by atoms with van der Waals surface area (Å²) >= 11 is 0. The largest absolute Gasteiger partial charge is 0.496 e. The molecule has 0 aliphatic carbocycles. The zero-order valence-electron chi connectivity index (χ0n) is 16.6. The molecule has 4 aliphatic heterocycles. The van der Waals surface area contributed by atoms with E-state index in [0.717, 1.165) is 31.1 Å². The normalized spacial score (nSPS) is 31.1. The maximum atomic E-state index is 13.3. The van der Waals surface area contributed by atoms with Crippen molar-refractivity contribution >= 4 is 5.91 Å². The Labute approximate surface area is 166 Å². The van der Waals surface area contributed by atoms with Gasteiger partial charge in [0, 0.05) is 36.0 Å². The second-order valence-corrected chi connectivity index (χ2v) is 8.38. The number of aromatic nitrogens is 2. The van der Waals surface area contributed by atoms with Crippen molar-refractivity contribution in [1.29, 1.82) is 0 Å². The Morgan fingerprint density at radius 1 is 1.18 bits per heavy atom. The topological polar surface area (TPSA) is 50.6 Å². The molecule has 1 aromatic heterocycles. The van der Waals surface area contributed by atoms with Crippen LogP contribution in [0.4, 0.5) is 0 Å². The number of hydrogen-bond donors (Lipinski definition) is 0. The van der Waals surface area contributed by atoms with Crippen LogP contribution in [0.15, 0.2) is 36.5 Å². The minimum absolute atomic E-state index is 0.188. The summed E-state index contributed by atoms with van der Waals surface area (Å²) in [6, 6.07) is 11.0. The molecule has 4 aliphatic rings. The molecule has 6 rings (SSSR count). The summed E-state index contributed by atoms with van der Waals surface area (Å²) in [5.41, 5.74) is 2.26. The highest BCUT2D eigenvalue weighted by atomic mass is 16.5. The Kier molecular flexibility index (Phi) is 4.38. The van der Waals surface area contributed by atoms with Crippen molar-refractivity contribution in [1.82, 2.24) is 19.6 Å². The third kappa shape index (κ3) is 2.73. The van der Waals surface area contributed by atoms with Gasteiger partial charge in [0.25, 0.3) is 0 Å². The number of benzene rings is 1. The van der Waals surface area contributed by atoms with E-state index in [4.69, 9.17) is 4.74 Å². The van der Waals surface area contributed by atoms with Crippen molar-refractivity contribution in [3.63, 3.8) is 0 Å². The van der Waals surface area contributed by atoms with Crippen LogP contribution < -0.4 is 4.74 Å². The van der Waals surface area contributed by atoms with Crippen molar-refractivity contribution in [2.45, 2.75) is 44.3 Å². The minimum atomic E-state index is 0.188. The first-order valence-corrected chi connectivity index (χ1v) is 10.3. The molecular formula is C22H28N4O2. The molecule has 6 heteroatoms. The van der Waals surface area contributed by atoms with Crippen LogP contribution >= 0.6 is 0 Å². The smallest absolute Gasteiger partial charge is 0.244 e. The highest BCUT2D eigenvalue weighted by Crippen LogP contribution is 2.48. The second-order valence-electron chi connectivity index (χ2n) is 8.38. The average molecular weight is 380 g/mol. The van der Waals surface area contributed by atoms with Crippen LogP contribution in [-0.4, -0.2) is 64.3 Å². The summed E-state index contributed by atoms with van der Waals surface area (Å²) in [5.74, 6) is 2.03. The second kappa shape index (κ2) is 6.92. The van der Waals surface area contributed by atoms with Gasteiger partial charge < -0.3 is 9.64 Å². The van der Waals surface area contributed by atoms with Gasteiger partial charge in [-0.15, -0.1) is 0 Å². The van der Waals surface area contributed by atoms with Crippen LogP contribution in [-0.2, 0) is 11.3 Å². The molecule has 0 unspecified atom stereocenters. The van der Waals surface area contributed by atoms with Gasteiger partial charge in [-0.25, -0.2) is 0 Å². The Morgan fingerprint density at radius 2 is 1.96 bits per heavy atom. The van der Waals surface area contributed by atoms with Crippen LogP contribution in [0.5, 0.6) is 5.75 Å². The maximum Gasteiger partial charge on any atom is 0.244 e. The van der Waals surface area contributed by atoms with Crippen molar-refractivity contribution < 1.29 is 9.53 Å². The van der Waals surface area contributed by atoms with E-state index in [0.29, 0.717) is 30.5 Å². The van der Waals surface area contributed by atoms with Crippen LogP contribution in [0.1, 0.15) is 30.0 Å². The first-order valence-electron chi connectivity index (χ1n) is 10.3. The SMILES string of the molecule is COc1ccccc1[C@@H]1CN(C(=O)Cn2nccc2C)[C@@H]2C3CCN(CC3)[C@@H]21. The van der Waals surface area contributed by atoms with Crippen molar-refractivity contribution in [2.24, 2.45) is 5.92 Å². The number of nitrogens with zero attached hydrogens (tertiary/aromatic N) is 4. The van der Waals surface area contributed by atoms with Gasteiger partial charge in [0.05, 0.1) is 13.2 Å². The predicted octanol–water partition coefficient (Wildman–Crippen LogP) is 2.29. The minimum Gasteiger partial charge on any atom is -0.496 e. The van der Waals surface area contributed by atoms with Gasteiger partial charge in [-0.05, 0) is 50.9 Å². The number of ether oxygens (including phenoxy) is 1. The monoisotopic (exact) mass is 380 g/mol. The van der Waals surface area contributed by atoms with E-state index in [1.165, 1.54) is 18.4 Å². The fraction of sp³-hybridized carbons (Fsp3) is 0.545.